The minimum Gasteiger partial charge on any atom is -0.380 e. The summed E-state index contributed by atoms with van der Waals surface area (Å²) in [4.78, 5) is 0.291. The maximum Gasteiger partial charge on any atom is 0.242 e. The van der Waals surface area contributed by atoms with Gasteiger partial charge in [0, 0.05) is 38.6 Å². The number of sulfonamides is 1. The van der Waals surface area contributed by atoms with Gasteiger partial charge in [-0.3, -0.25) is 0 Å². The van der Waals surface area contributed by atoms with Crippen LogP contribution in [0.2, 0.25) is 0 Å². The van der Waals surface area contributed by atoms with Crippen molar-refractivity contribution in [1.29, 1.82) is 0 Å². The Balaban J connectivity index is 2.67. The lowest BCUT2D eigenvalue weighted by Gasteiger charge is -2.04. The Kier molecular flexibility index (Phi) is 6.50. The Morgan fingerprint density at radius 1 is 1.37 bits per heavy atom. The van der Waals surface area contributed by atoms with E-state index in [-0.39, 0.29) is 6.54 Å². The van der Waals surface area contributed by atoms with Gasteiger partial charge < -0.3 is 14.6 Å². The van der Waals surface area contributed by atoms with Crippen molar-refractivity contribution >= 4 is 10.0 Å². The lowest BCUT2D eigenvalue weighted by molar-refractivity contribution is 0.153. The van der Waals surface area contributed by atoms with Crippen molar-refractivity contribution in [2.45, 2.75) is 25.3 Å². The van der Waals surface area contributed by atoms with E-state index in [2.05, 4.69) is 10.0 Å². The first kappa shape index (κ1) is 16.2. The predicted molar refractivity (Wildman–Crippen MR) is 74.5 cm³/mol. The summed E-state index contributed by atoms with van der Waals surface area (Å²) in [5.41, 5.74) is 0.937. The number of hydrogen-bond acceptors (Lipinski definition) is 4. The molecule has 0 saturated heterocycles. The number of nitrogens with zero attached hydrogens (tertiary/aromatic N) is 1. The van der Waals surface area contributed by atoms with Crippen molar-refractivity contribution in [1.82, 2.24) is 14.6 Å². The number of hydrogen-bond donors (Lipinski definition) is 2. The zero-order valence-corrected chi connectivity index (χ0v) is 12.6. The van der Waals surface area contributed by atoms with Crippen LogP contribution >= 0.6 is 0 Å². The molecule has 0 aliphatic carbocycles. The van der Waals surface area contributed by atoms with E-state index in [1.165, 1.54) is 0 Å². The molecule has 19 heavy (non-hydrogen) atoms. The average molecular weight is 289 g/mol. The van der Waals surface area contributed by atoms with Crippen LogP contribution in [-0.2, 0) is 28.4 Å². The second-order valence-electron chi connectivity index (χ2n) is 4.15. The molecule has 0 amide bonds. The van der Waals surface area contributed by atoms with E-state index in [9.17, 15) is 8.42 Å². The molecule has 110 valence electrons. The van der Waals surface area contributed by atoms with Gasteiger partial charge in [0.05, 0.1) is 11.5 Å². The van der Waals surface area contributed by atoms with Crippen molar-refractivity contribution in [2.75, 3.05) is 26.3 Å². The van der Waals surface area contributed by atoms with Gasteiger partial charge in [0.15, 0.2) is 0 Å². The van der Waals surface area contributed by atoms with Gasteiger partial charge in [0.25, 0.3) is 0 Å². The largest absolute Gasteiger partial charge is 0.380 e. The van der Waals surface area contributed by atoms with E-state index in [0.717, 1.165) is 12.2 Å². The highest BCUT2D eigenvalue weighted by molar-refractivity contribution is 7.89. The fraction of sp³-hybridized carbons (Fsp3) is 0.667. The highest BCUT2D eigenvalue weighted by Gasteiger charge is 2.16. The van der Waals surface area contributed by atoms with Crippen molar-refractivity contribution in [3.05, 3.63) is 18.0 Å². The summed E-state index contributed by atoms with van der Waals surface area (Å²) < 4.78 is 33.5. The van der Waals surface area contributed by atoms with Crippen LogP contribution in [0.4, 0.5) is 0 Å². The molecule has 1 heterocycles. The molecule has 0 atom stereocenters. The Bertz CT molecular complexity index is 482. The monoisotopic (exact) mass is 289 g/mol. The van der Waals surface area contributed by atoms with Crippen molar-refractivity contribution in [3.8, 4) is 0 Å². The Morgan fingerprint density at radius 2 is 2.11 bits per heavy atom. The minimum absolute atomic E-state index is 0.285. The van der Waals surface area contributed by atoms with Crippen LogP contribution in [0, 0.1) is 0 Å². The first-order valence-electron chi connectivity index (χ1n) is 6.44. The van der Waals surface area contributed by atoms with Crippen LogP contribution in [0.15, 0.2) is 17.2 Å². The van der Waals surface area contributed by atoms with E-state index in [0.29, 0.717) is 24.7 Å². The quantitative estimate of drug-likeness (QED) is 0.647. The van der Waals surface area contributed by atoms with Crippen LogP contribution in [0.5, 0.6) is 0 Å². The fourth-order valence-electron chi connectivity index (χ4n) is 1.63. The molecule has 7 heteroatoms. The molecular formula is C12H23N3O3S. The third-order valence-electron chi connectivity index (χ3n) is 2.69. The lowest BCUT2D eigenvalue weighted by Crippen LogP contribution is -2.27. The molecule has 1 aromatic heterocycles. The van der Waals surface area contributed by atoms with Gasteiger partial charge in [-0.2, -0.15) is 0 Å². The summed E-state index contributed by atoms with van der Waals surface area (Å²) in [7, 11) is -1.61. The maximum atomic E-state index is 12.0. The summed E-state index contributed by atoms with van der Waals surface area (Å²) in [5, 5.41) is 3.17. The molecule has 0 fully saturated rings. The standard InChI is InChI=1S/C12H23N3O3S/c1-4-13-9-11-8-12(10-15(11)3)19(16,17)14-6-7-18-5-2/h8,10,13-14H,4-7,9H2,1-3H3. The van der Waals surface area contributed by atoms with Crippen molar-refractivity contribution in [3.63, 3.8) is 0 Å². The van der Waals surface area contributed by atoms with Gasteiger partial charge in [-0.1, -0.05) is 6.92 Å². The molecule has 1 rings (SSSR count). The number of nitrogens with one attached hydrogen (secondary N) is 2. The SMILES string of the molecule is CCNCc1cc(S(=O)(=O)NCCOCC)cn1C. The molecule has 6 nitrogen and oxygen atoms in total. The van der Waals surface area contributed by atoms with Gasteiger partial charge in [-0.25, -0.2) is 13.1 Å². The molecule has 0 bridgehead atoms. The molecular weight excluding hydrogens is 266 g/mol. The second-order valence-corrected chi connectivity index (χ2v) is 5.92. The Labute approximate surface area is 115 Å². The van der Waals surface area contributed by atoms with Crippen molar-refractivity contribution < 1.29 is 13.2 Å². The van der Waals surface area contributed by atoms with E-state index in [1.54, 1.807) is 12.3 Å². The van der Waals surface area contributed by atoms with Gasteiger partial charge in [-0.05, 0) is 19.5 Å². The maximum absolute atomic E-state index is 12.0. The summed E-state index contributed by atoms with van der Waals surface area (Å²) in [6.07, 6.45) is 1.62. The predicted octanol–water partition coefficient (Wildman–Crippen LogP) is 0.449. The average Bonchev–Trinajstić information content (AvgIpc) is 2.74. The Morgan fingerprint density at radius 3 is 2.74 bits per heavy atom. The summed E-state index contributed by atoms with van der Waals surface area (Å²) in [6, 6.07) is 1.69. The summed E-state index contributed by atoms with van der Waals surface area (Å²) in [6.45, 7) is 6.64. The van der Waals surface area contributed by atoms with Crippen LogP contribution in [0.1, 0.15) is 19.5 Å². The van der Waals surface area contributed by atoms with E-state index < -0.39 is 10.0 Å². The highest BCUT2D eigenvalue weighted by atomic mass is 32.2. The highest BCUT2D eigenvalue weighted by Crippen LogP contribution is 2.13. The molecule has 2 N–H and O–H groups in total. The molecule has 0 radical (unpaired) electrons. The molecule has 1 aromatic rings. The summed E-state index contributed by atoms with van der Waals surface area (Å²) >= 11 is 0. The fourth-order valence-corrected chi connectivity index (χ4v) is 2.74. The Hall–Kier alpha value is -0.890. The normalized spacial score (nSPS) is 11.9. The lowest BCUT2D eigenvalue weighted by atomic mass is 10.4. The molecule has 0 unspecified atom stereocenters. The second kappa shape index (κ2) is 7.64. The third-order valence-corrected chi connectivity index (χ3v) is 4.12. The van der Waals surface area contributed by atoms with E-state index in [1.807, 2.05) is 25.5 Å². The molecule has 0 spiro atoms. The van der Waals surface area contributed by atoms with Crippen LogP contribution in [0.25, 0.3) is 0 Å². The number of ether oxygens (including phenoxy) is 1. The van der Waals surface area contributed by atoms with Crippen LogP contribution in [0.3, 0.4) is 0 Å². The van der Waals surface area contributed by atoms with E-state index in [4.69, 9.17) is 4.74 Å². The van der Waals surface area contributed by atoms with Gasteiger partial charge in [0.2, 0.25) is 10.0 Å². The molecule has 0 aromatic carbocycles. The molecule has 0 aliphatic heterocycles. The first-order chi connectivity index (χ1) is 9.01. The molecule has 0 aliphatic rings. The number of rotatable bonds is 9. The third kappa shape index (κ3) is 4.94. The molecule has 0 saturated carbocycles. The number of aryl methyl sites for hydroxylation is 1. The van der Waals surface area contributed by atoms with Crippen LogP contribution < -0.4 is 10.0 Å². The topological polar surface area (TPSA) is 72.4 Å². The van der Waals surface area contributed by atoms with Gasteiger partial charge in [-0.15, -0.1) is 0 Å². The van der Waals surface area contributed by atoms with Gasteiger partial charge >= 0.3 is 0 Å². The zero-order valence-electron chi connectivity index (χ0n) is 11.8. The van der Waals surface area contributed by atoms with Crippen LogP contribution in [-0.4, -0.2) is 39.3 Å². The number of aromatic nitrogens is 1. The van der Waals surface area contributed by atoms with E-state index >= 15 is 0 Å². The summed E-state index contributed by atoms with van der Waals surface area (Å²) in [5.74, 6) is 0. The van der Waals surface area contributed by atoms with Gasteiger partial charge in [0.1, 0.15) is 0 Å². The first-order valence-corrected chi connectivity index (χ1v) is 7.93. The smallest absolute Gasteiger partial charge is 0.242 e. The zero-order chi connectivity index (χ0) is 14.3. The van der Waals surface area contributed by atoms with Crippen molar-refractivity contribution in [2.24, 2.45) is 7.05 Å². The minimum atomic E-state index is -3.45.